The number of amides is 1. The zero-order valence-electron chi connectivity index (χ0n) is 8.82. The summed E-state index contributed by atoms with van der Waals surface area (Å²) in [6, 6.07) is 5.53. The summed E-state index contributed by atoms with van der Waals surface area (Å²) < 4.78 is 0. The number of aromatic nitrogens is 1. The number of nitriles is 1. The van der Waals surface area contributed by atoms with Crippen LogP contribution in [0.4, 0.5) is 5.69 Å². The molecule has 1 rings (SSSR count). The van der Waals surface area contributed by atoms with Gasteiger partial charge in [0.1, 0.15) is 5.92 Å². The van der Waals surface area contributed by atoms with Gasteiger partial charge in [-0.15, -0.1) is 0 Å². The average Bonchev–Trinajstić information content (AvgIpc) is 2.23. The standard InChI is InChI=1S/C11H13N3O/c1-3-9(6-12)11(15)14-10-5-4-8(2)13-7-10/h4-5,7,9H,3H2,1-2H3,(H,14,15). The van der Waals surface area contributed by atoms with E-state index in [1.807, 2.05) is 19.1 Å². The summed E-state index contributed by atoms with van der Waals surface area (Å²) in [6.07, 6.45) is 2.10. The van der Waals surface area contributed by atoms with Crippen molar-refractivity contribution in [3.05, 3.63) is 24.0 Å². The van der Waals surface area contributed by atoms with Crippen LogP contribution in [0.1, 0.15) is 19.0 Å². The number of carbonyl (C=O) groups is 1. The van der Waals surface area contributed by atoms with Gasteiger partial charge in [0.15, 0.2) is 0 Å². The SMILES string of the molecule is CCC(C#N)C(=O)Nc1ccc(C)nc1. The molecule has 0 aliphatic carbocycles. The van der Waals surface area contributed by atoms with E-state index in [1.54, 1.807) is 19.2 Å². The Labute approximate surface area is 88.9 Å². The third-order valence-corrected chi connectivity index (χ3v) is 2.06. The van der Waals surface area contributed by atoms with Crippen LogP contribution in [0.15, 0.2) is 18.3 Å². The lowest BCUT2D eigenvalue weighted by molar-refractivity contribution is -0.118. The third-order valence-electron chi connectivity index (χ3n) is 2.06. The molecular weight excluding hydrogens is 190 g/mol. The van der Waals surface area contributed by atoms with Gasteiger partial charge in [-0.3, -0.25) is 9.78 Å². The van der Waals surface area contributed by atoms with Crippen LogP contribution < -0.4 is 5.32 Å². The molecule has 0 fully saturated rings. The van der Waals surface area contributed by atoms with E-state index in [4.69, 9.17) is 5.26 Å². The van der Waals surface area contributed by atoms with Crippen LogP contribution >= 0.6 is 0 Å². The summed E-state index contributed by atoms with van der Waals surface area (Å²) in [5, 5.41) is 11.3. The van der Waals surface area contributed by atoms with Crippen molar-refractivity contribution in [2.24, 2.45) is 5.92 Å². The number of hydrogen-bond acceptors (Lipinski definition) is 3. The molecule has 0 bridgehead atoms. The minimum Gasteiger partial charge on any atom is -0.324 e. The van der Waals surface area contributed by atoms with Crippen molar-refractivity contribution in [3.8, 4) is 6.07 Å². The predicted molar refractivity (Wildman–Crippen MR) is 57.0 cm³/mol. The summed E-state index contributed by atoms with van der Waals surface area (Å²) >= 11 is 0. The number of hydrogen-bond donors (Lipinski definition) is 1. The average molecular weight is 203 g/mol. The van der Waals surface area contributed by atoms with Crippen LogP contribution in [-0.4, -0.2) is 10.9 Å². The topological polar surface area (TPSA) is 65.8 Å². The summed E-state index contributed by atoms with van der Waals surface area (Å²) in [7, 11) is 0. The Kier molecular flexibility index (Phi) is 3.81. The smallest absolute Gasteiger partial charge is 0.241 e. The van der Waals surface area contributed by atoms with Crippen LogP contribution in [0.2, 0.25) is 0 Å². The molecule has 78 valence electrons. The predicted octanol–water partition coefficient (Wildman–Crippen LogP) is 1.88. The van der Waals surface area contributed by atoms with E-state index in [0.717, 1.165) is 5.69 Å². The zero-order valence-corrected chi connectivity index (χ0v) is 8.82. The minimum atomic E-state index is -0.591. The number of pyridine rings is 1. The van der Waals surface area contributed by atoms with E-state index in [2.05, 4.69) is 10.3 Å². The molecule has 0 aromatic carbocycles. The van der Waals surface area contributed by atoms with Gasteiger partial charge in [-0.05, 0) is 25.5 Å². The van der Waals surface area contributed by atoms with Crippen molar-refractivity contribution in [2.45, 2.75) is 20.3 Å². The van der Waals surface area contributed by atoms with E-state index in [9.17, 15) is 4.79 Å². The molecule has 4 nitrogen and oxygen atoms in total. The van der Waals surface area contributed by atoms with E-state index in [0.29, 0.717) is 12.1 Å². The Morgan fingerprint density at radius 2 is 2.40 bits per heavy atom. The highest BCUT2D eigenvalue weighted by atomic mass is 16.1. The molecule has 0 spiro atoms. The van der Waals surface area contributed by atoms with Crippen LogP contribution in [0.25, 0.3) is 0 Å². The first-order valence-electron chi connectivity index (χ1n) is 4.80. The zero-order chi connectivity index (χ0) is 11.3. The number of aryl methyl sites for hydroxylation is 1. The number of nitrogens with one attached hydrogen (secondary N) is 1. The second-order valence-electron chi connectivity index (χ2n) is 3.27. The quantitative estimate of drug-likeness (QED) is 0.815. The van der Waals surface area contributed by atoms with Gasteiger partial charge in [0.25, 0.3) is 0 Å². The van der Waals surface area contributed by atoms with Gasteiger partial charge in [-0.1, -0.05) is 6.92 Å². The van der Waals surface area contributed by atoms with Crippen molar-refractivity contribution in [1.82, 2.24) is 4.98 Å². The number of anilines is 1. The molecular formula is C11H13N3O. The Morgan fingerprint density at radius 1 is 1.67 bits per heavy atom. The lowest BCUT2D eigenvalue weighted by Crippen LogP contribution is -2.20. The monoisotopic (exact) mass is 203 g/mol. The largest absolute Gasteiger partial charge is 0.324 e. The van der Waals surface area contributed by atoms with Crippen LogP contribution in [-0.2, 0) is 4.79 Å². The molecule has 0 radical (unpaired) electrons. The number of rotatable bonds is 3. The first-order valence-corrected chi connectivity index (χ1v) is 4.80. The number of nitrogens with zero attached hydrogens (tertiary/aromatic N) is 2. The highest BCUT2D eigenvalue weighted by Gasteiger charge is 2.15. The van der Waals surface area contributed by atoms with Crippen molar-refractivity contribution in [2.75, 3.05) is 5.32 Å². The van der Waals surface area contributed by atoms with Gasteiger partial charge in [-0.25, -0.2) is 0 Å². The Morgan fingerprint density at radius 3 is 2.87 bits per heavy atom. The molecule has 1 heterocycles. The fraction of sp³-hybridized carbons (Fsp3) is 0.364. The summed E-state index contributed by atoms with van der Waals surface area (Å²) in [4.78, 5) is 15.5. The molecule has 0 saturated carbocycles. The first kappa shape index (κ1) is 11.2. The van der Waals surface area contributed by atoms with Crippen molar-refractivity contribution in [3.63, 3.8) is 0 Å². The molecule has 1 N–H and O–H groups in total. The van der Waals surface area contributed by atoms with Gasteiger partial charge in [0, 0.05) is 5.69 Å². The van der Waals surface area contributed by atoms with Crippen LogP contribution in [0.3, 0.4) is 0 Å². The normalized spacial score (nSPS) is 11.5. The molecule has 0 saturated heterocycles. The second-order valence-corrected chi connectivity index (χ2v) is 3.27. The Hall–Kier alpha value is -1.89. The molecule has 15 heavy (non-hydrogen) atoms. The van der Waals surface area contributed by atoms with E-state index in [-0.39, 0.29) is 5.91 Å². The van der Waals surface area contributed by atoms with Crippen molar-refractivity contribution in [1.29, 1.82) is 5.26 Å². The molecule has 1 unspecified atom stereocenters. The molecule has 0 aliphatic heterocycles. The van der Waals surface area contributed by atoms with Gasteiger partial charge in [0.2, 0.25) is 5.91 Å². The number of carbonyl (C=O) groups excluding carboxylic acids is 1. The fourth-order valence-corrected chi connectivity index (χ4v) is 1.11. The van der Waals surface area contributed by atoms with Crippen molar-refractivity contribution < 1.29 is 4.79 Å². The Balaban J connectivity index is 2.67. The third kappa shape index (κ3) is 3.06. The highest BCUT2D eigenvalue weighted by Crippen LogP contribution is 2.09. The summed E-state index contributed by atoms with van der Waals surface area (Å²) in [6.45, 7) is 3.68. The van der Waals surface area contributed by atoms with E-state index >= 15 is 0 Å². The van der Waals surface area contributed by atoms with Gasteiger partial charge >= 0.3 is 0 Å². The first-order chi connectivity index (χ1) is 7.17. The van der Waals surface area contributed by atoms with E-state index in [1.165, 1.54) is 0 Å². The Bertz CT molecular complexity index is 378. The maximum Gasteiger partial charge on any atom is 0.241 e. The van der Waals surface area contributed by atoms with Gasteiger partial charge < -0.3 is 5.32 Å². The van der Waals surface area contributed by atoms with Crippen molar-refractivity contribution >= 4 is 11.6 Å². The molecule has 1 atom stereocenters. The second kappa shape index (κ2) is 5.11. The molecule has 1 aromatic heterocycles. The molecule has 1 aromatic rings. The summed E-state index contributed by atoms with van der Waals surface area (Å²) in [5.74, 6) is -0.864. The molecule has 4 heteroatoms. The minimum absolute atomic E-state index is 0.273. The fourth-order valence-electron chi connectivity index (χ4n) is 1.11. The van der Waals surface area contributed by atoms with Crippen LogP contribution in [0.5, 0.6) is 0 Å². The lowest BCUT2D eigenvalue weighted by atomic mass is 10.1. The van der Waals surface area contributed by atoms with Crippen LogP contribution in [0, 0.1) is 24.2 Å². The lowest BCUT2D eigenvalue weighted by Gasteiger charge is -2.07. The maximum atomic E-state index is 11.5. The summed E-state index contributed by atoms with van der Waals surface area (Å²) in [5.41, 5.74) is 1.51. The molecule has 0 aliphatic rings. The maximum absolute atomic E-state index is 11.5. The molecule has 1 amide bonds. The highest BCUT2D eigenvalue weighted by molar-refractivity contribution is 5.93. The van der Waals surface area contributed by atoms with E-state index < -0.39 is 5.92 Å². The van der Waals surface area contributed by atoms with Gasteiger partial charge in [0.05, 0.1) is 18.0 Å². The van der Waals surface area contributed by atoms with Gasteiger partial charge in [-0.2, -0.15) is 5.26 Å².